The molecule has 0 aromatic carbocycles. The predicted octanol–water partition coefficient (Wildman–Crippen LogP) is 1.76. The molecule has 0 aromatic heterocycles. The van der Waals surface area contributed by atoms with Crippen LogP contribution in [0.4, 0.5) is 0 Å². The van der Waals surface area contributed by atoms with E-state index in [2.05, 4.69) is 4.90 Å². The Labute approximate surface area is 105 Å². The normalized spacial score (nSPS) is 37.9. The summed E-state index contributed by atoms with van der Waals surface area (Å²) in [5.41, 5.74) is 6.57. The number of hydrogen-bond acceptors (Lipinski definition) is 3. The van der Waals surface area contributed by atoms with Crippen molar-refractivity contribution in [1.29, 1.82) is 0 Å². The van der Waals surface area contributed by atoms with E-state index in [0.29, 0.717) is 0 Å². The maximum absolute atomic E-state index is 6.54. The second kappa shape index (κ2) is 4.87. The summed E-state index contributed by atoms with van der Waals surface area (Å²) in [6.45, 7) is 4.11. The Morgan fingerprint density at radius 1 is 1.12 bits per heavy atom. The predicted molar refractivity (Wildman–Crippen MR) is 68.9 cm³/mol. The molecule has 0 amide bonds. The standard InChI is InChI=1S/C14H26N2O/c15-14(6-9-17-10-7-14)11-16-8-5-12-3-1-2-4-13(12)16/h12-13H,1-11,15H2. The molecule has 3 aliphatic rings. The van der Waals surface area contributed by atoms with E-state index in [1.165, 1.54) is 38.6 Å². The van der Waals surface area contributed by atoms with E-state index >= 15 is 0 Å². The lowest BCUT2D eigenvalue weighted by atomic mass is 9.84. The fourth-order valence-electron chi connectivity index (χ4n) is 4.04. The van der Waals surface area contributed by atoms with E-state index in [1.54, 1.807) is 0 Å². The minimum atomic E-state index is 0.0323. The fraction of sp³-hybridized carbons (Fsp3) is 1.00. The Morgan fingerprint density at radius 3 is 2.71 bits per heavy atom. The lowest BCUT2D eigenvalue weighted by Crippen LogP contribution is -2.55. The number of likely N-dealkylation sites (tertiary alicyclic amines) is 1. The van der Waals surface area contributed by atoms with Crippen molar-refractivity contribution in [3.63, 3.8) is 0 Å². The first-order valence-corrected chi connectivity index (χ1v) is 7.38. The maximum atomic E-state index is 6.54. The first-order valence-electron chi connectivity index (χ1n) is 7.38. The molecule has 3 heteroatoms. The van der Waals surface area contributed by atoms with Gasteiger partial charge < -0.3 is 10.5 Å². The van der Waals surface area contributed by atoms with Gasteiger partial charge in [-0.3, -0.25) is 4.90 Å². The Morgan fingerprint density at radius 2 is 1.88 bits per heavy atom. The highest BCUT2D eigenvalue weighted by Crippen LogP contribution is 2.37. The van der Waals surface area contributed by atoms with Gasteiger partial charge in [-0.25, -0.2) is 0 Å². The molecule has 2 atom stereocenters. The molecule has 0 aromatic rings. The Balaban J connectivity index is 1.61. The van der Waals surface area contributed by atoms with Crippen molar-refractivity contribution in [3.8, 4) is 0 Å². The van der Waals surface area contributed by atoms with Crippen LogP contribution in [0.3, 0.4) is 0 Å². The molecular weight excluding hydrogens is 212 g/mol. The van der Waals surface area contributed by atoms with Crippen LogP contribution in [0.1, 0.15) is 44.9 Å². The van der Waals surface area contributed by atoms with Crippen LogP contribution < -0.4 is 5.73 Å². The van der Waals surface area contributed by atoms with E-state index in [9.17, 15) is 0 Å². The van der Waals surface area contributed by atoms with E-state index in [0.717, 1.165) is 44.6 Å². The van der Waals surface area contributed by atoms with Gasteiger partial charge in [-0.05, 0) is 44.6 Å². The number of fused-ring (bicyclic) bond motifs is 1. The number of nitrogens with two attached hydrogens (primary N) is 1. The number of ether oxygens (including phenoxy) is 1. The van der Waals surface area contributed by atoms with Crippen LogP contribution in [0.2, 0.25) is 0 Å². The number of hydrogen-bond donors (Lipinski definition) is 1. The average molecular weight is 238 g/mol. The summed E-state index contributed by atoms with van der Waals surface area (Å²) in [7, 11) is 0. The number of rotatable bonds is 2. The lowest BCUT2D eigenvalue weighted by Gasteiger charge is -2.40. The molecule has 3 fully saturated rings. The quantitative estimate of drug-likeness (QED) is 0.796. The van der Waals surface area contributed by atoms with E-state index < -0.39 is 0 Å². The molecule has 1 saturated carbocycles. The third kappa shape index (κ3) is 2.51. The van der Waals surface area contributed by atoms with Crippen LogP contribution in [-0.2, 0) is 4.74 Å². The van der Waals surface area contributed by atoms with Crippen molar-refractivity contribution in [2.45, 2.75) is 56.5 Å². The van der Waals surface area contributed by atoms with Gasteiger partial charge in [0.15, 0.2) is 0 Å². The van der Waals surface area contributed by atoms with Gasteiger partial charge in [-0.1, -0.05) is 12.8 Å². The van der Waals surface area contributed by atoms with Gasteiger partial charge in [0.05, 0.1) is 0 Å². The van der Waals surface area contributed by atoms with Crippen molar-refractivity contribution in [3.05, 3.63) is 0 Å². The molecule has 2 N–H and O–H groups in total. The molecule has 0 bridgehead atoms. The topological polar surface area (TPSA) is 38.5 Å². The Bertz CT molecular complexity index is 263. The molecule has 17 heavy (non-hydrogen) atoms. The summed E-state index contributed by atoms with van der Waals surface area (Å²) in [5.74, 6) is 0.979. The van der Waals surface area contributed by atoms with Crippen LogP contribution in [0.25, 0.3) is 0 Å². The molecular formula is C14H26N2O. The monoisotopic (exact) mass is 238 g/mol. The van der Waals surface area contributed by atoms with Gasteiger partial charge in [0.25, 0.3) is 0 Å². The van der Waals surface area contributed by atoms with Gasteiger partial charge in [0.1, 0.15) is 0 Å². The second-order valence-corrected chi connectivity index (χ2v) is 6.35. The Hall–Kier alpha value is -0.120. The smallest absolute Gasteiger partial charge is 0.0484 e. The highest BCUT2D eigenvalue weighted by Gasteiger charge is 2.39. The zero-order chi connectivity index (χ0) is 11.7. The second-order valence-electron chi connectivity index (χ2n) is 6.35. The molecule has 98 valence electrons. The van der Waals surface area contributed by atoms with Gasteiger partial charge >= 0.3 is 0 Å². The molecule has 3 nitrogen and oxygen atoms in total. The van der Waals surface area contributed by atoms with Crippen LogP contribution in [-0.4, -0.2) is 42.8 Å². The number of nitrogens with zero attached hydrogens (tertiary/aromatic N) is 1. The minimum Gasteiger partial charge on any atom is -0.381 e. The molecule has 1 aliphatic carbocycles. The summed E-state index contributed by atoms with van der Waals surface area (Å²) < 4.78 is 5.44. The van der Waals surface area contributed by atoms with Crippen LogP contribution in [0.5, 0.6) is 0 Å². The molecule has 3 rings (SSSR count). The molecule has 2 aliphatic heterocycles. The van der Waals surface area contributed by atoms with E-state index in [1.807, 2.05) is 0 Å². The summed E-state index contributed by atoms with van der Waals surface area (Å²) in [5, 5.41) is 0. The van der Waals surface area contributed by atoms with Gasteiger partial charge in [0.2, 0.25) is 0 Å². The van der Waals surface area contributed by atoms with Crippen molar-refractivity contribution < 1.29 is 4.74 Å². The van der Waals surface area contributed by atoms with Crippen molar-refractivity contribution in [1.82, 2.24) is 4.90 Å². The maximum Gasteiger partial charge on any atom is 0.0484 e. The van der Waals surface area contributed by atoms with Crippen LogP contribution in [0.15, 0.2) is 0 Å². The zero-order valence-corrected chi connectivity index (χ0v) is 10.9. The molecule has 2 unspecified atom stereocenters. The van der Waals surface area contributed by atoms with Crippen molar-refractivity contribution in [2.75, 3.05) is 26.3 Å². The van der Waals surface area contributed by atoms with E-state index in [-0.39, 0.29) is 5.54 Å². The van der Waals surface area contributed by atoms with Crippen LogP contribution >= 0.6 is 0 Å². The highest BCUT2D eigenvalue weighted by molar-refractivity contribution is 4.96. The third-order valence-electron chi connectivity index (χ3n) is 5.13. The summed E-state index contributed by atoms with van der Waals surface area (Å²) in [4.78, 5) is 2.70. The third-order valence-corrected chi connectivity index (χ3v) is 5.13. The molecule has 2 heterocycles. The highest BCUT2D eigenvalue weighted by atomic mass is 16.5. The molecule has 2 saturated heterocycles. The summed E-state index contributed by atoms with van der Waals surface area (Å²) in [6.07, 6.45) is 9.26. The van der Waals surface area contributed by atoms with Crippen molar-refractivity contribution >= 4 is 0 Å². The molecule has 0 radical (unpaired) electrons. The summed E-state index contributed by atoms with van der Waals surface area (Å²) >= 11 is 0. The molecule has 0 spiro atoms. The lowest BCUT2D eigenvalue weighted by molar-refractivity contribution is 0.0319. The van der Waals surface area contributed by atoms with Gasteiger partial charge in [0, 0.05) is 31.3 Å². The largest absolute Gasteiger partial charge is 0.381 e. The summed E-state index contributed by atoms with van der Waals surface area (Å²) in [6, 6.07) is 0.854. The minimum absolute atomic E-state index is 0.0323. The van der Waals surface area contributed by atoms with Crippen LogP contribution in [0, 0.1) is 5.92 Å². The van der Waals surface area contributed by atoms with Crippen molar-refractivity contribution in [2.24, 2.45) is 11.7 Å². The van der Waals surface area contributed by atoms with Gasteiger partial charge in [-0.15, -0.1) is 0 Å². The SMILES string of the molecule is NC1(CN2CCC3CCCCC32)CCOCC1. The fourth-order valence-corrected chi connectivity index (χ4v) is 4.04. The average Bonchev–Trinajstić information content (AvgIpc) is 2.73. The van der Waals surface area contributed by atoms with Gasteiger partial charge in [-0.2, -0.15) is 0 Å². The zero-order valence-electron chi connectivity index (χ0n) is 10.9. The van der Waals surface area contributed by atoms with E-state index in [4.69, 9.17) is 10.5 Å². The first kappa shape index (κ1) is 11.9. The first-order chi connectivity index (χ1) is 8.27. The Kier molecular flexibility index (Phi) is 3.42.